The number of hydrogen-bond acceptors (Lipinski definition) is 4. The van der Waals surface area contributed by atoms with Crippen LogP contribution in [-0.4, -0.2) is 31.3 Å². The Labute approximate surface area is 162 Å². The molecule has 1 saturated heterocycles. The van der Waals surface area contributed by atoms with Gasteiger partial charge in [-0.3, -0.25) is 9.88 Å². The largest absolute Gasteiger partial charge is 0.290 e. The number of nitrogens with zero attached hydrogens (tertiary/aromatic N) is 5. The average molecular weight is 373 g/mol. The molecule has 5 rings (SSSR count). The predicted molar refractivity (Wildman–Crippen MR) is 105 cm³/mol. The molecule has 0 spiro atoms. The number of halogens is 1. The Balaban J connectivity index is 1.46. The summed E-state index contributed by atoms with van der Waals surface area (Å²) in [7, 11) is 0. The first-order valence-electron chi connectivity index (χ1n) is 9.52. The van der Waals surface area contributed by atoms with E-state index in [1.807, 2.05) is 36.7 Å². The maximum absolute atomic E-state index is 13.6. The summed E-state index contributed by atoms with van der Waals surface area (Å²) >= 11 is 0. The molecule has 6 heteroatoms. The van der Waals surface area contributed by atoms with Crippen molar-refractivity contribution in [3.63, 3.8) is 0 Å². The molecule has 1 aromatic carbocycles. The second-order valence-corrected chi connectivity index (χ2v) is 7.22. The number of fused-ring (bicyclic) bond motifs is 1. The van der Waals surface area contributed by atoms with Gasteiger partial charge in [-0.2, -0.15) is 0 Å². The molecule has 0 saturated carbocycles. The van der Waals surface area contributed by atoms with Gasteiger partial charge in [0, 0.05) is 30.7 Å². The van der Waals surface area contributed by atoms with Crippen molar-refractivity contribution >= 4 is 5.52 Å². The normalized spacial score (nSPS) is 17.4. The molecule has 4 aromatic rings. The van der Waals surface area contributed by atoms with Gasteiger partial charge in [-0.1, -0.05) is 29.5 Å². The molecule has 1 aliphatic heterocycles. The molecule has 0 radical (unpaired) electrons. The maximum Gasteiger partial charge on any atom is 0.123 e. The van der Waals surface area contributed by atoms with Crippen molar-refractivity contribution in [2.24, 2.45) is 0 Å². The van der Waals surface area contributed by atoms with Crippen LogP contribution in [0.4, 0.5) is 4.39 Å². The fourth-order valence-corrected chi connectivity index (χ4v) is 4.04. The van der Waals surface area contributed by atoms with Gasteiger partial charge in [-0.15, -0.1) is 5.10 Å². The molecule has 5 nitrogen and oxygen atoms in total. The van der Waals surface area contributed by atoms with Crippen molar-refractivity contribution in [1.82, 2.24) is 24.7 Å². The van der Waals surface area contributed by atoms with E-state index < -0.39 is 0 Å². The lowest BCUT2D eigenvalue weighted by Crippen LogP contribution is -2.23. The third kappa shape index (κ3) is 3.16. The van der Waals surface area contributed by atoms with Gasteiger partial charge in [-0.05, 0) is 54.8 Å². The molecule has 0 N–H and O–H groups in total. The summed E-state index contributed by atoms with van der Waals surface area (Å²) in [5, 5.41) is 8.85. The number of hydrogen-bond donors (Lipinski definition) is 0. The molecule has 140 valence electrons. The van der Waals surface area contributed by atoms with Crippen molar-refractivity contribution in [3.05, 3.63) is 84.2 Å². The summed E-state index contributed by atoms with van der Waals surface area (Å²) in [6.45, 7) is 1.90. The number of aromatic nitrogens is 4. The van der Waals surface area contributed by atoms with Crippen LogP contribution in [0.15, 0.2) is 67.1 Å². The molecule has 0 bridgehead atoms. The van der Waals surface area contributed by atoms with Crippen LogP contribution in [0.1, 0.15) is 30.1 Å². The molecular weight excluding hydrogens is 353 g/mol. The molecular formula is C22H20FN5. The van der Waals surface area contributed by atoms with Gasteiger partial charge in [0.15, 0.2) is 0 Å². The Kier molecular flexibility index (Phi) is 4.33. The highest BCUT2D eigenvalue weighted by molar-refractivity contribution is 5.66. The van der Waals surface area contributed by atoms with Crippen LogP contribution < -0.4 is 0 Å². The van der Waals surface area contributed by atoms with E-state index in [2.05, 4.69) is 26.3 Å². The summed E-state index contributed by atoms with van der Waals surface area (Å²) in [6.07, 6.45) is 7.85. The van der Waals surface area contributed by atoms with Gasteiger partial charge in [-0.25, -0.2) is 8.91 Å². The van der Waals surface area contributed by atoms with Crippen LogP contribution in [0.5, 0.6) is 0 Å². The zero-order valence-electron chi connectivity index (χ0n) is 15.4. The molecule has 1 fully saturated rings. The summed E-state index contributed by atoms with van der Waals surface area (Å²) in [5.74, 6) is -0.242. The fraction of sp³-hybridized carbons (Fsp3) is 0.227. The van der Waals surface area contributed by atoms with Crippen LogP contribution in [0.2, 0.25) is 0 Å². The zero-order chi connectivity index (χ0) is 18.9. The highest BCUT2D eigenvalue weighted by Crippen LogP contribution is 2.34. The Morgan fingerprint density at radius 1 is 1.07 bits per heavy atom. The molecule has 1 aliphatic rings. The summed E-state index contributed by atoms with van der Waals surface area (Å²) < 4.78 is 15.4. The van der Waals surface area contributed by atoms with E-state index in [-0.39, 0.29) is 11.9 Å². The standard InChI is InChI=1S/C22H20FN5/c23-19-6-1-5-17(12-19)18-8-9-21-22(25-26-28(21)15-18)20-7-3-11-27(20)14-16-4-2-10-24-13-16/h1-2,4-6,8-10,12-13,15,20H,3,7,11,14H2/t20-/m1/s1. The monoisotopic (exact) mass is 373 g/mol. The molecule has 0 unspecified atom stereocenters. The molecule has 4 heterocycles. The van der Waals surface area contributed by atoms with Gasteiger partial charge >= 0.3 is 0 Å². The number of rotatable bonds is 4. The van der Waals surface area contributed by atoms with Crippen LogP contribution in [0.3, 0.4) is 0 Å². The van der Waals surface area contributed by atoms with Gasteiger partial charge in [0.1, 0.15) is 11.5 Å². The van der Waals surface area contributed by atoms with Crippen molar-refractivity contribution in [1.29, 1.82) is 0 Å². The SMILES string of the molecule is Fc1cccc(-c2ccc3c([C@H]4CCCN4Cc4cccnc4)nnn3c2)c1. The minimum atomic E-state index is -0.242. The van der Waals surface area contributed by atoms with E-state index in [0.29, 0.717) is 0 Å². The zero-order valence-corrected chi connectivity index (χ0v) is 15.4. The lowest BCUT2D eigenvalue weighted by atomic mass is 10.1. The molecule has 28 heavy (non-hydrogen) atoms. The van der Waals surface area contributed by atoms with E-state index in [1.165, 1.54) is 17.7 Å². The molecule has 1 atom stereocenters. The van der Waals surface area contributed by atoms with Crippen LogP contribution in [0, 0.1) is 5.82 Å². The fourth-order valence-electron chi connectivity index (χ4n) is 4.04. The first-order valence-corrected chi connectivity index (χ1v) is 9.52. The first-order chi connectivity index (χ1) is 13.8. The van der Waals surface area contributed by atoms with Gasteiger partial charge in [0.05, 0.1) is 11.6 Å². The van der Waals surface area contributed by atoms with Crippen LogP contribution in [-0.2, 0) is 6.54 Å². The second-order valence-electron chi connectivity index (χ2n) is 7.22. The summed E-state index contributed by atoms with van der Waals surface area (Å²) in [4.78, 5) is 6.67. The summed E-state index contributed by atoms with van der Waals surface area (Å²) in [6, 6.07) is 15.0. The topological polar surface area (TPSA) is 46.3 Å². The van der Waals surface area contributed by atoms with Crippen LogP contribution >= 0.6 is 0 Å². The first kappa shape index (κ1) is 17.0. The Hall–Kier alpha value is -3.12. The third-order valence-corrected chi connectivity index (χ3v) is 5.39. The van der Waals surface area contributed by atoms with Gasteiger partial charge < -0.3 is 0 Å². The number of pyridine rings is 2. The minimum Gasteiger partial charge on any atom is -0.290 e. The van der Waals surface area contributed by atoms with Crippen molar-refractivity contribution in [3.8, 4) is 11.1 Å². The molecule has 0 amide bonds. The van der Waals surface area contributed by atoms with E-state index in [1.54, 1.807) is 16.8 Å². The number of benzene rings is 1. The highest BCUT2D eigenvalue weighted by atomic mass is 19.1. The average Bonchev–Trinajstić information content (AvgIpc) is 3.34. The van der Waals surface area contributed by atoms with E-state index in [9.17, 15) is 4.39 Å². The Morgan fingerprint density at radius 3 is 2.89 bits per heavy atom. The van der Waals surface area contributed by atoms with Gasteiger partial charge in [0.2, 0.25) is 0 Å². The van der Waals surface area contributed by atoms with E-state index in [0.717, 1.165) is 48.3 Å². The van der Waals surface area contributed by atoms with E-state index >= 15 is 0 Å². The van der Waals surface area contributed by atoms with Crippen LogP contribution in [0.25, 0.3) is 16.6 Å². The molecule has 3 aromatic heterocycles. The third-order valence-electron chi connectivity index (χ3n) is 5.39. The lowest BCUT2D eigenvalue weighted by Gasteiger charge is -2.22. The Morgan fingerprint density at radius 2 is 2.04 bits per heavy atom. The van der Waals surface area contributed by atoms with Crippen molar-refractivity contribution in [2.75, 3.05) is 6.54 Å². The smallest absolute Gasteiger partial charge is 0.123 e. The number of likely N-dealkylation sites (tertiary alicyclic amines) is 1. The van der Waals surface area contributed by atoms with Crippen molar-refractivity contribution in [2.45, 2.75) is 25.4 Å². The summed E-state index contributed by atoms with van der Waals surface area (Å²) in [5.41, 5.74) is 4.97. The van der Waals surface area contributed by atoms with E-state index in [4.69, 9.17) is 0 Å². The highest BCUT2D eigenvalue weighted by Gasteiger charge is 2.29. The van der Waals surface area contributed by atoms with Gasteiger partial charge in [0.25, 0.3) is 0 Å². The molecule has 0 aliphatic carbocycles. The Bertz CT molecular complexity index is 1110. The predicted octanol–water partition coefficient (Wildman–Crippen LogP) is 4.27. The second kappa shape index (κ2) is 7.13. The maximum atomic E-state index is 13.6. The quantitative estimate of drug-likeness (QED) is 0.536. The lowest BCUT2D eigenvalue weighted by molar-refractivity contribution is 0.245. The van der Waals surface area contributed by atoms with Crippen molar-refractivity contribution < 1.29 is 4.39 Å². The minimum absolute atomic E-state index is 0.242.